The van der Waals surface area contributed by atoms with E-state index in [1.165, 1.54) is 38.5 Å². The lowest BCUT2D eigenvalue weighted by Crippen LogP contribution is -2.42. The molecule has 1 aliphatic rings. The summed E-state index contributed by atoms with van der Waals surface area (Å²) < 4.78 is 25.6. The average molecular weight is 447 g/mol. The van der Waals surface area contributed by atoms with Crippen molar-refractivity contribution < 1.29 is 18.7 Å². The molecule has 172 valence electrons. The molecule has 3 rings (SSSR count). The summed E-state index contributed by atoms with van der Waals surface area (Å²) in [5, 5.41) is 23.4. The quantitative estimate of drug-likeness (QED) is 0.528. The molecule has 0 aromatic carbocycles. The molecular formula is C21H27F2N7O2. The van der Waals surface area contributed by atoms with Gasteiger partial charge in [0.15, 0.2) is 0 Å². The Hall–Kier alpha value is -3.39. The minimum Gasteiger partial charge on any atom is -0.398 e. The van der Waals surface area contributed by atoms with Crippen molar-refractivity contribution in [3.63, 3.8) is 0 Å². The summed E-state index contributed by atoms with van der Waals surface area (Å²) in [5.41, 5.74) is 4.78. The van der Waals surface area contributed by atoms with E-state index in [2.05, 4.69) is 25.6 Å². The number of carbonyl (C=O) groups excluding carboxylic acids is 1. The van der Waals surface area contributed by atoms with Crippen LogP contribution in [0, 0.1) is 11.3 Å². The van der Waals surface area contributed by atoms with Crippen molar-refractivity contribution in [2.45, 2.75) is 57.5 Å². The molecule has 0 unspecified atom stereocenters. The Morgan fingerprint density at radius 2 is 1.94 bits per heavy atom. The summed E-state index contributed by atoms with van der Waals surface area (Å²) in [5.74, 6) is -0.106. The first-order valence-electron chi connectivity index (χ1n) is 10.1. The molecule has 1 atom stereocenters. The van der Waals surface area contributed by atoms with Crippen LogP contribution in [0.4, 0.5) is 26.2 Å². The van der Waals surface area contributed by atoms with E-state index in [-0.39, 0.29) is 23.7 Å². The number of carbonyl (C=O) groups is 1. The van der Waals surface area contributed by atoms with Gasteiger partial charge in [0, 0.05) is 18.0 Å². The number of nitrogens with zero attached hydrogens (tertiary/aromatic N) is 4. The fourth-order valence-electron chi connectivity index (χ4n) is 2.70. The van der Waals surface area contributed by atoms with E-state index < -0.39 is 23.9 Å². The largest absolute Gasteiger partial charge is 0.398 e. The van der Waals surface area contributed by atoms with Crippen LogP contribution in [0.3, 0.4) is 0 Å². The predicted molar refractivity (Wildman–Crippen MR) is 116 cm³/mol. The molecule has 2 heterocycles. The maximum Gasteiger partial charge on any atom is 0.255 e. The molecule has 1 aliphatic carbocycles. The van der Waals surface area contributed by atoms with Gasteiger partial charge in [-0.1, -0.05) is 12.8 Å². The lowest BCUT2D eigenvalue weighted by atomic mass is 10.0. The lowest BCUT2D eigenvalue weighted by molar-refractivity contribution is -0.00177. The zero-order chi connectivity index (χ0) is 23.7. The van der Waals surface area contributed by atoms with Crippen LogP contribution in [0.2, 0.25) is 0 Å². The van der Waals surface area contributed by atoms with Crippen LogP contribution in [-0.4, -0.2) is 50.5 Å². The average Bonchev–Trinajstić information content (AvgIpc) is 3.23. The van der Waals surface area contributed by atoms with Gasteiger partial charge in [0.1, 0.15) is 24.2 Å². The summed E-state index contributed by atoms with van der Waals surface area (Å²) in [6.45, 7) is 2.26. The highest BCUT2D eigenvalue weighted by Crippen LogP contribution is 2.20. The van der Waals surface area contributed by atoms with Crippen molar-refractivity contribution in [3.05, 3.63) is 35.8 Å². The number of nitriles is 1. The maximum atomic E-state index is 13.7. The minimum absolute atomic E-state index is 0.0687. The Morgan fingerprint density at radius 1 is 1.31 bits per heavy atom. The Balaban J connectivity index is 0.000000520. The van der Waals surface area contributed by atoms with Crippen molar-refractivity contribution in [1.29, 1.82) is 5.26 Å². The van der Waals surface area contributed by atoms with Gasteiger partial charge in [0.2, 0.25) is 5.95 Å². The van der Waals surface area contributed by atoms with Crippen molar-refractivity contribution in [2.75, 3.05) is 17.6 Å². The molecular weight excluding hydrogens is 420 g/mol. The Bertz CT molecular complexity index is 937. The fraction of sp³-hybridized carbons (Fsp3) is 0.476. The minimum atomic E-state index is -1.63. The lowest BCUT2D eigenvalue weighted by Gasteiger charge is -2.22. The van der Waals surface area contributed by atoms with Gasteiger partial charge in [-0.05, 0) is 26.7 Å². The molecule has 2 aromatic heterocycles. The number of rotatable bonds is 6. The van der Waals surface area contributed by atoms with Gasteiger partial charge in [-0.15, -0.1) is 0 Å². The number of pyridine rings is 1. The highest BCUT2D eigenvalue weighted by Gasteiger charge is 2.27. The number of hydrogen-bond donors (Lipinski definition) is 4. The summed E-state index contributed by atoms with van der Waals surface area (Å²) in [6.07, 6.45) is 5.70. The zero-order valence-electron chi connectivity index (χ0n) is 18.0. The summed E-state index contributed by atoms with van der Waals surface area (Å²) in [6, 6.07) is 3.30. The fourth-order valence-corrected chi connectivity index (χ4v) is 2.70. The predicted octanol–water partition coefficient (Wildman–Crippen LogP) is 2.81. The van der Waals surface area contributed by atoms with Gasteiger partial charge in [0.05, 0.1) is 35.7 Å². The molecule has 11 heteroatoms. The Labute approximate surface area is 185 Å². The van der Waals surface area contributed by atoms with Crippen molar-refractivity contribution in [1.82, 2.24) is 20.3 Å². The number of hydrogen-bond acceptors (Lipinski definition) is 8. The van der Waals surface area contributed by atoms with E-state index in [1.54, 1.807) is 0 Å². The topological polar surface area (TPSA) is 150 Å². The summed E-state index contributed by atoms with van der Waals surface area (Å²) >= 11 is 0. The SMILES string of the molecule is CC(C)(O)[C@H](F)CNC(=O)c1cnc(Nc2ncc(C#N)cn2)cc1N.FC1CCCC1. The smallest absolute Gasteiger partial charge is 0.255 e. The number of amides is 1. The van der Waals surface area contributed by atoms with Gasteiger partial charge in [-0.25, -0.2) is 23.7 Å². The number of aromatic nitrogens is 3. The molecule has 1 saturated carbocycles. The van der Waals surface area contributed by atoms with E-state index in [9.17, 15) is 18.7 Å². The van der Waals surface area contributed by atoms with Crippen molar-refractivity contribution in [3.8, 4) is 6.07 Å². The highest BCUT2D eigenvalue weighted by molar-refractivity contribution is 5.99. The third-order valence-electron chi connectivity index (χ3n) is 4.69. The van der Waals surface area contributed by atoms with Crippen LogP contribution in [0.25, 0.3) is 0 Å². The van der Waals surface area contributed by atoms with E-state index in [4.69, 9.17) is 11.0 Å². The number of nitrogens with two attached hydrogens (primary N) is 1. The van der Waals surface area contributed by atoms with Crippen LogP contribution >= 0.6 is 0 Å². The number of halogens is 2. The normalized spacial score (nSPS) is 14.6. The highest BCUT2D eigenvalue weighted by atomic mass is 19.1. The second kappa shape index (κ2) is 11.3. The molecule has 2 aromatic rings. The molecule has 0 bridgehead atoms. The van der Waals surface area contributed by atoms with Gasteiger partial charge >= 0.3 is 0 Å². The maximum absolute atomic E-state index is 13.7. The Kier molecular flexibility index (Phi) is 8.78. The van der Waals surface area contributed by atoms with Crippen molar-refractivity contribution in [2.24, 2.45) is 0 Å². The molecule has 5 N–H and O–H groups in total. The van der Waals surface area contributed by atoms with Crippen LogP contribution < -0.4 is 16.4 Å². The molecule has 0 saturated heterocycles. The standard InChI is InChI=1S/C16H18FN7O2.C5H9F/c1-16(2,26)12(17)8-21-14(25)10-7-20-13(3-11(10)19)24-15-22-5-9(4-18)6-23-15;6-5-3-1-2-4-5/h3,5-7,12,26H,8H2,1-2H3,(H,21,25)(H3,19,20,22,23,24);5H,1-4H2/t12-;/m1./s1. The zero-order valence-corrected chi connectivity index (χ0v) is 18.0. The van der Waals surface area contributed by atoms with E-state index in [0.29, 0.717) is 11.4 Å². The van der Waals surface area contributed by atoms with Gasteiger partial charge in [-0.2, -0.15) is 5.26 Å². The van der Waals surface area contributed by atoms with Crippen LogP contribution in [0.5, 0.6) is 0 Å². The summed E-state index contributed by atoms with van der Waals surface area (Å²) in [7, 11) is 0. The number of alkyl halides is 2. The number of aliphatic hydroxyl groups is 1. The van der Waals surface area contributed by atoms with E-state index >= 15 is 0 Å². The second-order valence-electron chi connectivity index (χ2n) is 7.90. The molecule has 32 heavy (non-hydrogen) atoms. The monoisotopic (exact) mass is 447 g/mol. The van der Waals surface area contributed by atoms with E-state index in [0.717, 1.165) is 25.7 Å². The Morgan fingerprint density at radius 3 is 2.41 bits per heavy atom. The first kappa shape index (κ1) is 24.9. The molecule has 0 radical (unpaired) electrons. The third-order valence-corrected chi connectivity index (χ3v) is 4.69. The molecule has 1 amide bonds. The first-order valence-corrected chi connectivity index (χ1v) is 10.1. The number of anilines is 3. The van der Waals surface area contributed by atoms with Gasteiger partial charge in [-0.3, -0.25) is 4.79 Å². The number of nitrogen functional groups attached to an aromatic ring is 1. The van der Waals surface area contributed by atoms with Crippen molar-refractivity contribution >= 4 is 23.4 Å². The summed E-state index contributed by atoms with van der Waals surface area (Å²) in [4.78, 5) is 24.0. The number of nitrogens with one attached hydrogen (secondary N) is 2. The van der Waals surface area contributed by atoms with Crippen LogP contribution in [0.1, 0.15) is 55.5 Å². The van der Waals surface area contributed by atoms with Crippen LogP contribution in [0.15, 0.2) is 24.7 Å². The first-order chi connectivity index (χ1) is 15.1. The molecule has 1 fully saturated rings. The van der Waals surface area contributed by atoms with Gasteiger partial charge < -0.3 is 21.5 Å². The van der Waals surface area contributed by atoms with Gasteiger partial charge in [0.25, 0.3) is 5.91 Å². The molecule has 0 aliphatic heterocycles. The van der Waals surface area contributed by atoms with E-state index in [1.807, 2.05) is 6.07 Å². The third kappa shape index (κ3) is 7.70. The van der Waals surface area contributed by atoms with Crippen LogP contribution in [-0.2, 0) is 0 Å². The molecule has 0 spiro atoms. The molecule has 9 nitrogen and oxygen atoms in total. The second-order valence-corrected chi connectivity index (χ2v) is 7.90.